The van der Waals surface area contributed by atoms with E-state index in [0.717, 1.165) is 6.20 Å². The molecule has 1 aromatic heterocycles. The minimum absolute atomic E-state index is 0.153. The third-order valence-corrected chi connectivity index (χ3v) is 1.36. The molecule has 0 saturated heterocycles. The van der Waals surface area contributed by atoms with Gasteiger partial charge in [-0.2, -0.15) is 0 Å². The van der Waals surface area contributed by atoms with Crippen molar-refractivity contribution in [3.05, 3.63) is 22.4 Å². The van der Waals surface area contributed by atoms with Crippen molar-refractivity contribution in [2.75, 3.05) is 12.3 Å². The minimum atomic E-state index is -0.558. The molecule has 0 aliphatic rings. The van der Waals surface area contributed by atoms with E-state index in [1.807, 2.05) is 0 Å². The summed E-state index contributed by atoms with van der Waals surface area (Å²) in [6.45, 7) is 2.09. The van der Waals surface area contributed by atoms with Crippen LogP contribution in [0.4, 0.5) is 11.5 Å². The Morgan fingerprint density at radius 1 is 1.77 bits per heavy atom. The van der Waals surface area contributed by atoms with Gasteiger partial charge in [-0.3, -0.25) is 10.1 Å². The average Bonchev–Trinajstić information content (AvgIpc) is 2.04. The summed E-state index contributed by atoms with van der Waals surface area (Å²) in [5.74, 6) is 0.356. The zero-order chi connectivity index (χ0) is 9.84. The molecule has 0 radical (unpaired) electrons. The summed E-state index contributed by atoms with van der Waals surface area (Å²) in [6, 6.07) is 1.33. The fourth-order valence-electron chi connectivity index (χ4n) is 0.853. The second kappa shape index (κ2) is 3.70. The predicted octanol–water partition coefficient (Wildman–Crippen LogP) is 0.971. The number of rotatable bonds is 3. The second-order valence-corrected chi connectivity index (χ2v) is 2.27. The number of ether oxygens (including phenoxy) is 1. The van der Waals surface area contributed by atoms with E-state index in [1.165, 1.54) is 6.07 Å². The number of hydrogen-bond donors (Lipinski definition) is 1. The number of nitro groups is 1. The van der Waals surface area contributed by atoms with Crippen LogP contribution in [-0.2, 0) is 0 Å². The van der Waals surface area contributed by atoms with Crippen molar-refractivity contribution in [2.45, 2.75) is 6.92 Å². The molecule has 0 fully saturated rings. The minimum Gasteiger partial charge on any atom is -0.487 e. The third kappa shape index (κ3) is 2.05. The topological polar surface area (TPSA) is 91.3 Å². The molecule has 0 aliphatic heterocycles. The molecule has 0 spiro atoms. The van der Waals surface area contributed by atoms with E-state index >= 15 is 0 Å². The lowest BCUT2D eigenvalue weighted by Crippen LogP contribution is -2.00. The average molecular weight is 183 g/mol. The lowest BCUT2D eigenvalue weighted by Gasteiger charge is -2.03. The first-order valence-electron chi connectivity index (χ1n) is 3.68. The number of anilines is 1. The maximum Gasteiger partial charge on any atom is 0.329 e. The first kappa shape index (κ1) is 9.24. The van der Waals surface area contributed by atoms with E-state index in [2.05, 4.69) is 4.98 Å². The normalized spacial score (nSPS) is 9.62. The first-order chi connectivity index (χ1) is 6.15. The van der Waals surface area contributed by atoms with Crippen molar-refractivity contribution < 1.29 is 9.66 Å². The number of nitrogens with zero attached hydrogens (tertiary/aromatic N) is 2. The Morgan fingerprint density at radius 3 is 3.00 bits per heavy atom. The van der Waals surface area contributed by atoms with E-state index < -0.39 is 4.92 Å². The number of aromatic nitrogens is 1. The Kier molecular flexibility index (Phi) is 2.63. The molecule has 2 N–H and O–H groups in total. The lowest BCUT2D eigenvalue weighted by atomic mass is 10.4. The van der Waals surface area contributed by atoms with Gasteiger partial charge < -0.3 is 10.5 Å². The lowest BCUT2D eigenvalue weighted by molar-refractivity contribution is -0.386. The summed E-state index contributed by atoms with van der Waals surface area (Å²) in [6.07, 6.45) is 1.08. The molecule has 0 saturated carbocycles. The number of hydrogen-bond acceptors (Lipinski definition) is 5. The van der Waals surface area contributed by atoms with Gasteiger partial charge in [-0.1, -0.05) is 0 Å². The Bertz CT molecular complexity index is 327. The maximum atomic E-state index is 10.5. The fraction of sp³-hybridized carbons (Fsp3) is 0.286. The Labute approximate surface area is 74.5 Å². The fourth-order valence-corrected chi connectivity index (χ4v) is 0.853. The van der Waals surface area contributed by atoms with Crippen LogP contribution in [0, 0.1) is 10.1 Å². The zero-order valence-electron chi connectivity index (χ0n) is 7.06. The van der Waals surface area contributed by atoms with Crippen LogP contribution in [0.25, 0.3) is 0 Å². The van der Waals surface area contributed by atoms with Gasteiger partial charge in [-0.05, 0) is 6.92 Å². The molecule has 0 aliphatic carbocycles. The summed E-state index contributed by atoms with van der Waals surface area (Å²) in [5.41, 5.74) is 5.17. The zero-order valence-corrected chi connectivity index (χ0v) is 7.06. The molecule has 6 heteroatoms. The summed E-state index contributed by atoms with van der Waals surface area (Å²) in [4.78, 5) is 13.5. The summed E-state index contributed by atoms with van der Waals surface area (Å²) >= 11 is 0. The van der Waals surface area contributed by atoms with Crippen LogP contribution in [0.2, 0.25) is 0 Å². The first-order valence-corrected chi connectivity index (χ1v) is 3.68. The summed E-state index contributed by atoms with van der Waals surface area (Å²) in [5, 5.41) is 10.5. The highest BCUT2D eigenvalue weighted by molar-refractivity contribution is 5.50. The third-order valence-electron chi connectivity index (χ3n) is 1.36. The van der Waals surface area contributed by atoms with Gasteiger partial charge in [0.15, 0.2) is 0 Å². The van der Waals surface area contributed by atoms with Gasteiger partial charge in [0.25, 0.3) is 0 Å². The number of nitrogen functional groups attached to an aromatic ring is 1. The van der Waals surface area contributed by atoms with E-state index in [0.29, 0.717) is 6.61 Å². The molecule has 0 aromatic carbocycles. The molecule has 0 atom stereocenters. The van der Waals surface area contributed by atoms with Crippen LogP contribution >= 0.6 is 0 Å². The van der Waals surface area contributed by atoms with Gasteiger partial charge in [0.1, 0.15) is 12.0 Å². The van der Waals surface area contributed by atoms with Crippen LogP contribution < -0.4 is 10.5 Å². The van der Waals surface area contributed by atoms with E-state index in [9.17, 15) is 10.1 Å². The highest BCUT2D eigenvalue weighted by Gasteiger charge is 2.15. The molecule has 1 aromatic rings. The molecule has 70 valence electrons. The van der Waals surface area contributed by atoms with Crippen LogP contribution in [0.3, 0.4) is 0 Å². The van der Waals surface area contributed by atoms with Crippen molar-refractivity contribution >= 4 is 11.5 Å². The largest absolute Gasteiger partial charge is 0.487 e. The molecule has 13 heavy (non-hydrogen) atoms. The second-order valence-electron chi connectivity index (χ2n) is 2.27. The van der Waals surface area contributed by atoms with Gasteiger partial charge in [-0.15, -0.1) is 0 Å². The van der Waals surface area contributed by atoms with Gasteiger partial charge in [0.2, 0.25) is 5.75 Å². The van der Waals surface area contributed by atoms with E-state index in [-0.39, 0.29) is 17.3 Å². The summed E-state index contributed by atoms with van der Waals surface area (Å²) in [7, 11) is 0. The van der Waals surface area contributed by atoms with Gasteiger partial charge in [-0.25, -0.2) is 4.98 Å². The molecule has 1 rings (SSSR count). The molecular weight excluding hydrogens is 174 g/mol. The van der Waals surface area contributed by atoms with Crippen molar-refractivity contribution in [1.82, 2.24) is 4.98 Å². The highest BCUT2D eigenvalue weighted by atomic mass is 16.6. The Morgan fingerprint density at radius 2 is 2.46 bits per heavy atom. The van der Waals surface area contributed by atoms with Crippen molar-refractivity contribution in [2.24, 2.45) is 0 Å². The van der Waals surface area contributed by atoms with Crippen LogP contribution in [0.1, 0.15) is 6.92 Å². The maximum absolute atomic E-state index is 10.5. The highest BCUT2D eigenvalue weighted by Crippen LogP contribution is 2.26. The standard InChI is InChI=1S/C7H9N3O3/c1-2-13-6-3-7(8)9-4-5(6)10(11)12/h3-4H,2H2,1H3,(H2,8,9). The quantitative estimate of drug-likeness (QED) is 0.556. The smallest absolute Gasteiger partial charge is 0.329 e. The molecule has 0 unspecified atom stereocenters. The molecule has 6 nitrogen and oxygen atoms in total. The van der Waals surface area contributed by atoms with Crippen LogP contribution in [-0.4, -0.2) is 16.5 Å². The van der Waals surface area contributed by atoms with E-state index in [4.69, 9.17) is 10.5 Å². The predicted molar refractivity (Wildman–Crippen MR) is 46.5 cm³/mol. The summed E-state index contributed by atoms with van der Waals surface area (Å²) < 4.78 is 5.02. The van der Waals surface area contributed by atoms with Gasteiger partial charge in [0.05, 0.1) is 11.5 Å². The molecule has 0 amide bonds. The van der Waals surface area contributed by atoms with Crippen LogP contribution in [0.5, 0.6) is 5.75 Å². The molecule has 0 bridgehead atoms. The van der Waals surface area contributed by atoms with Gasteiger partial charge in [0, 0.05) is 6.07 Å². The van der Waals surface area contributed by atoms with Crippen molar-refractivity contribution in [1.29, 1.82) is 0 Å². The Balaban J connectivity index is 3.10. The Hall–Kier alpha value is -1.85. The van der Waals surface area contributed by atoms with Crippen molar-refractivity contribution in [3.8, 4) is 5.75 Å². The number of pyridine rings is 1. The van der Waals surface area contributed by atoms with Crippen LogP contribution in [0.15, 0.2) is 12.3 Å². The number of nitrogens with two attached hydrogens (primary N) is 1. The SMILES string of the molecule is CCOc1cc(N)ncc1[N+](=O)[O-]. The monoisotopic (exact) mass is 183 g/mol. The van der Waals surface area contributed by atoms with Crippen molar-refractivity contribution in [3.63, 3.8) is 0 Å². The van der Waals surface area contributed by atoms with Gasteiger partial charge >= 0.3 is 5.69 Å². The van der Waals surface area contributed by atoms with E-state index in [1.54, 1.807) is 6.92 Å². The molecule has 1 heterocycles. The molecular formula is C7H9N3O3.